The number of rotatable bonds is 8. The summed E-state index contributed by atoms with van der Waals surface area (Å²) < 4.78 is 11.0. The molecule has 2 saturated heterocycles. The average Bonchev–Trinajstić information content (AvgIpc) is 2.66. The van der Waals surface area contributed by atoms with E-state index >= 15 is 0 Å². The molecule has 2 aliphatic heterocycles. The summed E-state index contributed by atoms with van der Waals surface area (Å²) in [6.45, 7) is 11.7. The molecule has 0 bridgehead atoms. The third-order valence-electron chi connectivity index (χ3n) is 5.67. The van der Waals surface area contributed by atoms with E-state index in [2.05, 4.69) is 34.0 Å². The highest BCUT2D eigenvalue weighted by Crippen LogP contribution is 2.18. The van der Waals surface area contributed by atoms with Gasteiger partial charge in [-0.25, -0.2) is 0 Å². The lowest BCUT2D eigenvalue weighted by molar-refractivity contribution is 0.00984. The van der Waals surface area contributed by atoms with Gasteiger partial charge >= 0.3 is 0 Å². The Labute approximate surface area is 183 Å². The smallest absolute Gasteiger partial charge is 0.193 e. The van der Waals surface area contributed by atoms with Crippen molar-refractivity contribution in [1.82, 2.24) is 15.1 Å². The standard InChI is InChI=1S/C20H40N4O2.HI/c1-17-7-5-10-24(16-17)18(2)15-22-20(21-3)23-11-8-19(9-12-23)26-14-6-13-25-4;/h17-19H,5-16H2,1-4H3,(H,21,22);1H. The molecule has 0 aliphatic carbocycles. The molecule has 2 aliphatic rings. The van der Waals surface area contributed by atoms with E-state index in [0.717, 1.165) is 64.0 Å². The highest BCUT2D eigenvalue weighted by Gasteiger charge is 2.24. The number of hydrogen-bond donors (Lipinski definition) is 1. The summed E-state index contributed by atoms with van der Waals surface area (Å²) in [7, 11) is 3.63. The van der Waals surface area contributed by atoms with Gasteiger partial charge in [-0.05, 0) is 51.5 Å². The van der Waals surface area contributed by atoms with Gasteiger partial charge < -0.3 is 19.7 Å². The first-order valence-electron chi connectivity index (χ1n) is 10.4. The van der Waals surface area contributed by atoms with Crippen LogP contribution in [0.3, 0.4) is 0 Å². The lowest BCUT2D eigenvalue weighted by atomic mass is 9.99. The van der Waals surface area contributed by atoms with Crippen LogP contribution in [0.25, 0.3) is 0 Å². The second-order valence-corrected chi connectivity index (χ2v) is 7.92. The summed E-state index contributed by atoms with van der Waals surface area (Å²) in [5.74, 6) is 1.87. The number of methoxy groups -OCH3 is 1. The molecule has 0 saturated carbocycles. The number of guanidine groups is 1. The van der Waals surface area contributed by atoms with Crippen molar-refractivity contribution >= 4 is 29.9 Å². The number of hydrogen-bond acceptors (Lipinski definition) is 4. The molecule has 7 heteroatoms. The van der Waals surface area contributed by atoms with E-state index in [1.54, 1.807) is 7.11 Å². The largest absolute Gasteiger partial charge is 0.385 e. The van der Waals surface area contributed by atoms with Crippen LogP contribution in [-0.2, 0) is 9.47 Å². The zero-order valence-corrected chi connectivity index (χ0v) is 20.1. The van der Waals surface area contributed by atoms with Gasteiger partial charge in [-0.3, -0.25) is 9.89 Å². The average molecular weight is 496 g/mol. The van der Waals surface area contributed by atoms with Gasteiger partial charge in [-0.15, -0.1) is 24.0 Å². The molecule has 160 valence electrons. The van der Waals surface area contributed by atoms with E-state index in [1.165, 1.54) is 25.9 Å². The zero-order valence-electron chi connectivity index (χ0n) is 17.8. The number of halogens is 1. The van der Waals surface area contributed by atoms with E-state index in [4.69, 9.17) is 9.47 Å². The fraction of sp³-hybridized carbons (Fsp3) is 0.950. The second-order valence-electron chi connectivity index (χ2n) is 7.92. The molecule has 27 heavy (non-hydrogen) atoms. The summed E-state index contributed by atoms with van der Waals surface area (Å²) in [5.41, 5.74) is 0. The van der Waals surface area contributed by atoms with E-state index in [-0.39, 0.29) is 24.0 Å². The summed E-state index contributed by atoms with van der Waals surface area (Å²) >= 11 is 0. The number of nitrogens with zero attached hydrogens (tertiary/aromatic N) is 3. The minimum Gasteiger partial charge on any atom is -0.385 e. The lowest BCUT2D eigenvalue weighted by Crippen LogP contribution is -2.51. The first-order valence-corrected chi connectivity index (χ1v) is 10.4. The van der Waals surface area contributed by atoms with Crippen molar-refractivity contribution in [3.8, 4) is 0 Å². The third-order valence-corrected chi connectivity index (χ3v) is 5.67. The monoisotopic (exact) mass is 496 g/mol. The van der Waals surface area contributed by atoms with Crippen molar-refractivity contribution in [2.45, 2.75) is 58.1 Å². The molecule has 0 aromatic heterocycles. The molecular formula is C20H41IN4O2. The van der Waals surface area contributed by atoms with Crippen LogP contribution in [0.1, 0.15) is 46.0 Å². The molecule has 6 nitrogen and oxygen atoms in total. The Morgan fingerprint density at radius 1 is 1.19 bits per heavy atom. The van der Waals surface area contributed by atoms with Crippen molar-refractivity contribution in [3.63, 3.8) is 0 Å². The van der Waals surface area contributed by atoms with Crippen molar-refractivity contribution < 1.29 is 9.47 Å². The van der Waals surface area contributed by atoms with Crippen LogP contribution >= 0.6 is 24.0 Å². The number of likely N-dealkylation sites (tertiary alicyclic amines) is 2. The van der Waals surface area contributed by atoms with E-state index in [0.29, 0.717) is 12.1 Å². The van der Waals surface area contributed by atoms with Gasteiger partial charge in [0.2, 0.25) is 0 Å². The van der Waals surface area contributed by atoms with Gasteiger partial charge in [-0.1, -0.05) is 6.92 Å². The topological polar surface area (TPSA) is 49.3 Å². The van der Waals surface area contributed by atoms with Crippen LogP contribution < -0.4 is 5.32 Å². The first kappa shape index (κ1) is 24.9. The van der Waals surface area contributed by atoms with Crippen LogP contribution in [0.5, 0.6) is 0 Å². The first-order chi connectivity index (χ1) is 12.6. The maximum Gasteiger partial charge on any atom is 0.193 e. The van der Waals surface area contributed by atoms with E-state index in [1.807, 2.05) is 7.05 Å². The Balaban J connectivity index is 0.00000364. The summed E-state index contributed by atoms with van der Waals surface area (Å²) in [6, 6.07) is 0.552. The number of aliphatic imine (C=N–C) groups is 1. The van der Waals surface area contributed by atoms with Crippen LogP contribution in [0.2, 0.25) is 0 Å². The van der Waals surface area contributed by atoms with Gasteiger partial charge in [0.05, 0.1) is 6.10 Å². The van der Waals surface area contributed by atoms with E-state index < -0.39 is 0 Å². The van der Waals surface area contributed by atoms with Crippen LogP contribution in [0.15, 0.2) is 4.99 Å². The highest BCUT2D eigenvalue weighted by atomic mass is 127. The quantitative estimate of drug-likeness (QED) is 0.243. The van der Waals surface area contributed by atoms with Gasteiger partial charge in [-0.2, -0.15) is 0 Å². The van der Waals surface area contributed by atoms with Crippen LogP contribution in [-0.4, -0.2) is 88.0 Å². The molecule has 2 fully saturated rings. The van der Waals surface area contributed by atoms with Crippen molar-refractivity contribution in [2.24, 2.45) is 10.9 Å². The molecule has 0 aromatic rings. The second kappa shape index (κ2) is 14.0. The SMILES string of the molecule is CN=C(NCC(C)N1CCCC(C)C1)N1CCC(OCCCOC)CC1.I. The summed E-state index contributed by atoms with van der Waals surface area (Å²) in [4.78, 5) is 9.51. The molecule has 0 aromatic carbocycles. The lowest BCUT2D eigenvalue weighted by Gasteiger charge is -2.37. The maximum absolute atomic E-state index is 5.96. The van der Waals surface area contributed by atoms with E-state index in [9.17, 15) is 0 Å². The fourth-order valence-corrected chi connectivity index (χ4v) is 4.01. The number of piperidine rings is 2. The predicted molar refractivity (Wildman–Crippen MR) is 123 cm³/mol. The van der Waals surface area contributed by atoms with Crippen LogP contribution in [0, 0.1) is 5.92 Å². The molecule has 0 amide bonds. The molecule has 2 heterocycles. The van der Waals surface area contributed by atoms with Crippen molar-refractivity contribution in [1.29, 1.82) is 0 Å². The molecule has 1 N–H and O–H groups in total. The van der Waals surface area contributed by atoms with Gasteiger partial charge in [0.15, 0.2) is 5.96 Å². The van der Waals surface area contributed by atoms with Gasteiger partial charge in [0, 0.05) is 59.6 Å². The molecule has 2 atom stereocenters. The maximum atomic E-state index is 5.96. The molecule has 2 unspecified atom stereocenters. The highest BCUT2D eigenvalue weighted by molar-refractivity contribution is 14.0. The van der Waals surface area contributed by atoms with Gasteiger partial charge in [0.25, 0.3) is 0 Å². The predicted octanol–water partition coefficient (Wildman–Crippen LogP) is 2.82. The Kier molecular flexibility index (Phi) is 12.9. The van der Waals surface area contributed by atoms with Crippen molar-refractivity contribution in [2.75, 3.05) is 60.1 Å². The number of ether oxygens (including phenoxy) is 2. The number of nitrogens with one attached hydrogen (secondary N) is 1. The normalized spacial score (nSPS) is 23.8. The molecule has 0 spiro atoms. The minimum atomic E-state index is 0. The Morgan fingerprint density at radius 2 is 1.93 bits per heavy atom. The Bertz CT molecular complexity index is 417. The van der Waals surface area contributed by atoms with Crippen molar-refractivity contribution in [3.05, 3.63) is 0 Å². The molecule has 2 rings (SSSR count). The third kappa shape index (κ3) is 8.83. The zero-order chi connectivity index (χ0) is 18.8. The van der Waals surface area contributed by atoms with Gasteiger partial charge in [0.1, 0.15) is 0 Å². The molecule has 0 radical (unpaired) electrons. The Hall–Kier alpha value is -0.120. The Morgan fingerprint density at radius 3 is 2.56 bits per heavy atom. The summed E-state index contributed by atoms with van der Waals surface area (Å²) in [5, 5.41) is 3.60. The molecular weight excluding hydrogens is 455 g/mol. The fourth-order valence-electron chi connectivity index (χ4n) is 4.01. The van der Waals surface area contributed by atoms with Crippen LogP contribution in [0.4, 0.5) is 0 Å². The summed E-state index contributed by atoms with van der Waals surface area (Å²) in [6.07, 6.45) is 6.22. The minimum absolute atomic E-state index is 0.